The molecule has 0 aliphatic heterocycles. The Bertz CT molecular complexity index is 1480. The topological polar surface area (TPSA) is 69.3 Å². The van der Waals surface area contributed by atoms with Gasteiger partial charge in [0.05, 0.1) is 21.5 Å². The molecule has 0 aliphatic rings. The number of hydrogen-bond acceptors (Lipinski definition) is 6. The maximum absolute atomic E-state index is 12.9. The molecule has 29 heavy (non-hydrogen) atoms. The number of para-hydroxylation sites is 1. The lowest BCUT2D eigenvalue weighted by molar-refractivity contribution is 0.102. The Labute approximate surface area is 173 Å². The Morgan fingerprint density at radius 2 is 1.79 bits per heavy atom. The molecule has 0 atom stereocenters. The number of carbonyl (C=O) groups excluding carboxylic acids is 1. The van der Waals surface area contributed by atoms with E-state index in [0.29, 0.717) is 16.3 Å². The van der Waals surface area contributed by atoms with Crippen LogP contribution in [-0.4, -0.2) is 30.7 Å². The number of nitrogens with zero attached hydrogens (tertiary/aromatic N) is 4. The number of benzene rings is 2. The predicted molar refractivity (Wildman–Crippen MR) is 117 cm³/mol. The largest absolute Gasteiger partial charge is 0.292 e. The van der Waals surface area contributed by atoms with Gasteiger partial charge in [0.1, 0.15) is 0 Å². The quantitative estimate of drug-likeness (QED) is 0.324. The summed E-state index contributed by atoms with van der Waals surface area (Å²) >= 11 is 2.87. The van der Waals surface area contributed by atoms with E-state index in [1.807, 2.05) is 53.8 Å². The minimum absolute atomic E-state index is 0.0691. The molecule has 2 aromatic carbocycles. The van der Waals surface area contributed by atoms with Gasteiger partial charge in [-0.2, -0.15) is 0 Å². The minimum Gasteiger partial charge on any atom is -0.292 e. The molecule has 0 radical (unpaired) electrons. The van der Waals surface area contributed by atoms with E-state index >= 15 is 0 Å². The molecular weight excluding hydrogens is 404 g/mol. The van der Waals surface area contributed by atoms with Gasteiger partial charge in [-0.05, 0) is 36.1 Å². The summed E-state index contributed by atoms with van der Waals surface area (Å²) in [5.41, 5.74) is 1.65. The molecule has 5 aromatic rings. The first-order chi connectivity index (χ1) is 14.1. The highest BCUT2D eigenvalue weighted by Crippen LogP contribution is 2.32. The van der Waals surface area contributed by atoms with E-state index < -0.39 is 0 Å². The first kappa shape index (κ1) is 18.1. The summed E-state index contributed by atoms with van der Waals surface area (Å²) in [6.07, 6.45) is 0. The van der Waals surface area contributed by atoms with Crippen LogP contribution in [0.2, 0.25) is 0 Å². The fourth-order valence-electron chi connectivity index (χ4n) is 3.54. The normalized spacial score (nSPS) is 11.7. The minimum atomic E-state index is -0.117. The molecule has 8 heteroatoms. The monoisotopic (exact) mass is 420 g/mol. The zero-order valence-electron chi connectivity index (χ0n) is 15.7. The summed E-state index contributed by atoms with van der Waals surface area (Å²) in [6.45, 7) is 1.99. The molecule has 0 saturated carbocycles. The second-order valence-electron chi connectivity index (χ2n) is 6.76. The third-order valence-electron chi connectivity index (χ3n) is 5.03. The van der Waals surface area contributed by atoms with Gasteiger partial charge in [-0.25, -0.2) is 0 Å². The van der Waals surface area contributed by atoms with Gasteiger partial charge in [0.2, 0.25) is 5.78 Å². The van der Waals surface area contributed by atoms with Crippen LogP contribution in [0.3, 0.4) is 0 Å². The van der Waals surface area contributed by atoms with Gasteiger partial charge in [-0.15, -0.1) is 21.5 Å². The van der Waals surface area contributed by atoms with Crippen molar-refractivity contribution in [1.82, 2.24) is 19.2 Å². The van der Waals surface area contributed by atoms with E-state index in [1.165, 1.54) is 27.7 Å². The highest BCUT2D eigenvalue weighted by Gasteiger charge is 2.19. The summed E-state index contributed by atoms with van der Waals surface area (Å²) in [4.78, 5) is 26.3. The maximum Gasteiger partial charge on any atom is 0.262 e. The SMILES string of the molecule is Cc1c(C(=O)CSc2nnc3n(C)c(=O)c4ccccc4n23)sc2ccccc12. The number of carbonyl (C=O) groups is 1. The molecule has 0 bridgehead atoms. The van der Waals surface area contributed by atoms with Gasteiger partial charge in [0, 0.05) is 11.7 Å². The molecule has 0 amide bonds. The van der Waals surface area contributed by atoms with Crippen molar-refractivity contribution in [1.29, 1.82) is 0 Å². The fourth-order valence-corrected chi connectivity index (χ4v) is 5.59. The van der Waals surface area contributed by atoms with Gasteiger partial charge in [0.25, 0.3) is 5.56 Å². The van der Waals surface area contributed by atoms with Crippen LogP contribution in [0.1, 0.15) is 15.2 Å². The molecule has 0 saturated heterocycles. The van der Waals surface area contributed by atoms with Crippen molar-refractivity contribution >= 4 is 55.6 Å². The Balaban J connectivity index is 1.53. The van der Waals surface area contributed by atoms with Crippen LogP contribution >= 0.6 is 23.1 Å². The molecule has 0 fully saturated rings. The molecule has 0 spiro atoms. The van der Waals surface area contributed by atoms with Crippen LogP contribution in [0.5, 0.6) is 0 Å². The highest BCUT2D eigenvalue weighted by atomic mass is 32.2. The van der Waals surface area contributed by atoms with Crippen molar-refractivity contribution < 1.29 is 4.79 Å². The van der Waals surface area contributed by atoms with E-state index in [4.69, 9.17) is 0 Å². The number of aryl methyl sites for hydroxylation is 2. The number of ketones is 1. The lowest BCUT2D eigenvalue weighted by atomic mass is 10.1. The van der Waals surface area contributed by atoms with Crippen molar-refractivity contribution in [3.05, 3.63) is 69.3 Å². The third kappa shape index (κ3) is 2.79. The Kier molecular flexibility index (Phi) is 4.25. The zero-order valence-corrected chi connectivity index (χ0v) is 17.4. The molecule has 6 nitrogen and oxygen atoms in total. The van der Waals surface area contributed by atoms with Crippen molar-refractivity contribution in [2.24, 2.45) is 7.05 Å². The summed E-state index contributed by atoms with van der Waals surface area (Å²) in [5, 5.41) is 10.7. The van der Waals surface area contributed by atoms with Gasteiger partial charge < -0.3 is 0 Å². The van der Waals surface area contributed by atoms with Crippen LogP contribution in [0, 0.1) is 6.92 Å². The molecule has 0 aliphatic carbocycles. The number of aromatic nitrogens is 4. The van der Waals surface area contributed by atoms with E-state index in [0.717, 1.165) is 26.0 Å². The van der Waals surface area contributed by atoms with E-state index in [1.54, 1.807) is 13.1 Å². The van der Waals surface area contributed by atoms with E-state index in [2.05, 4.69) is 10.2 Å². The van der Waals surface area contributed by atoms with E-state index in [-0.39, 0.29) is 17.1 Å². The number of thioether (sulfide) groups is 1. The van der Waals surface area contributed by atoms with Crippen molar-refractivity contribution in [2.75, 3.05) is 5.75 Å². The Hall–Kier alpha value is -2.97. The van der Waals surface area contributed by atoms with Crippen LogP contribution in [0.15, 0.2) is 58.5 Å². The Morgan fingerprint density at radius 3 is 2.59 bits per heavy atom. The molecular formula is C21H16N4O2S2. The maximum atomic E-state index is 12.9. The van der Waals surface area contributed by atoms with Crippen LogP contribution in [0.4, 0.5) is 0 Å². The van der Waals surface area contributed by atoms with Gasteiger partial charge in [-0.1, -0.05) is 42.1 Å². The summed E-state index contributed by atoms with van der Waals surface area (Å²) in [7, 11) is 1.68. The fraction of sp³-hybridized carbons (Fsp3) is 0.143. The average molecular weight is 421 g/mol. The predicted octanol–water partition coefficient (Wildman–Crippen LogP) is 4.08. The second-order valence-corrected chi connectivity index (χ2v) is 8.76. The van der Waals surface area contributed by atoms with Gasteiger partial charge in [-0.3, -0.25) is 18.6 Å². The Morgan fingerprint density at radius 1 is 1.07 bits per heavy atom. The second kappa shape index (κ2) is 6.82. The molecule has 3 heterocycles. The number of Topliss-reactive ketones (excluding diaryl/α,β-unsaturated/α-hetero) is 1. The average Bonchev–Trinajstić information content (AvgIpc) is 3.32. The molecule has 0 N–H and O–H groups in total. The van der Waals surface area contributed by atoms with Crippen molar-refractivity contribution in [3.63, 3.8) is 0 Å². The van der Waals surface area contributed by atoms with Crippen molar-refractivity contribution in [3.8, 4) is 0 Å². The third-order valence-corrected chi connectivity index (χ3v) is 7.27. The van der Waals surface area contributed by atoms with Crippen molar-refractivity contribution in [2.45, 2.75) is 12.1 Å². The summed E-state index contributed by atoms with van der Waals surface area (Å²) in [5.74, 6) is 0.785. The van der Waals surface area contributed by atoms with Crippen LogP contribution in [-0.2, 0) is 7.05 Å². The molecule has 3 aromatic heterocycles. The highest BCUT2D eigenvalue weighted by molar-refractivity contribution is 7.99. The number of hydrogen-bond donors (Lipinski definition) is 0. The molecule has 144 valence electrons. The molecule has 5 rings (SSSR count). The smallest absolute Gasteiger partial charge is 0.262 e. The summed E-state index contributed by atoms with van der Waals surface area (Å²) < 4.78 is 4.44. The standard InChI is InChI=1S/C21H16N4O2S2/c1-12-13-7-4-6-10-17(13)29-18(12)16(26)11-28-21-23-22-20-24(2)19(27)14-8-3-5-9-15(14)25(20)21/h3-10H,11H2,1-2H3. The number of thiophene rings is 1. The first-order valence-corrected chi connectivity index (χ1v) is 10.8. The lowest BCUT2D eigenvalue weighted by Gasteiger charge is -2.07. The van der Waals surface area contributed by atoms with Crippen LogP contribution in [0.25, 0.3) is 26.8 Å². The van der Waals surface area contributed by atoms with E-state index in [9.17, 15) is 9.59 Å². The zero-order chi connectivity index (χ0) is 20.1. The van der Waals surface area contributed by atoms with Crippen LogP contribution < -0.4 is 5.56 Å². The summed E-state index contributed by atoms with van der Waals surface area (Å²) in [6, 6.07) is 15.4. The molecule has 0 unspecified atom stereocenters. The first-order valence-electron chi connectivity index (χ1n) is 9.03. The van der Waals surface area contributed by atoms with Gasteiger partial charge in [0.15, 0.2) is 10.9 Å². The van der Waals surface area contributed by atoms with Gasteiger partial charge >= 0.3 is 0 Å². The number of rotatable bonds is 4. The number of fused-ring (bicyclic) bond motifs is 4. The lowest BCUT2D eigenvalue weighted by Crippen LogP contribution is -2.20.